The molecule has 1 saturated heterocycles. The Morgan fingerprint density at radius 2 is 2.32 bits per heavy atom. The second-order valence-corrected chi connectivity index (χ2v) is 7.47. The van der Waals surface area contributed by atoms with Crippen LogP contribution in [-0.2, 0) is 9.57 Å². The molecule has 0 radical (unpaired) electrons. The number of thioether (sulfide) groups is 1. The highest BCUT2D eigenvalue weighted by molar-refractivity contribution is 8.14. The zero-order valence-corrected chi connectivity index (χ0v) is 13.9. The lowest BCUT2D eigenvalue weighted by Crippen LogP contribution is -2.33. The Hall–Kier alpha value is 0.180. The van der Waals surface area contributed by atoms with Gasteiger partial charge in [0.05, 0.1) is 18.0 Å². The van der Waals surface area contributed by atoms with E-state index in [4.69, 9.17) is 32.8 Å². The van der Waals surface area contributed by atoms with Gasteiger partial charge in [-0.05, 0) is 18.9 Å². The van der Waals surface area contributed by atoms with Gasteiger partial charge < -0.3 is 4.74 Å². The van der Waals surface area contributed by atoms with Crippen LogP contribution in [0.2, 0.25) is 0 Å². The summed E-state index contributed by atoms with van der Waals surface area (Å²) in [6.45, 7) is 2.95. The zero-order chi connectivity index (χ0) is 14.3. The topological polar surface area (TPSA) is 51.1 Å². The van der Waals surface area contributed by atoms with Gasteiger partial charge in [0, 0.05) is 24.6 Å². The van der Waals surface area contributed by atoms with Crippen molar-refractivity contribution in [2.75, 3.05) is 37.8 Å². The van der Waals surface area contributed by atoms with Gasteiger partial charge in [0.25, 0.3) is 0 Å². The molecule has 0 atom stereocenters. The van der Waals surface area contributed by atoms with Crippen LogP contribution < -0.4 is 0 Å². The molecule has 0 saturated carbocycles. The molecule has 0 bridgehead atoms. The first-order valence-corrected chi connectivity index (χ1v) is 8.37. The molecule has 1 heterocycles. The van der Waals surface area contributed by atoms with E-state index in [1.54, 1.807) is 7.05 Å². The van der Waals surface area contributed by atoms with E-state index in [9.17, 15) is 4.79 Å². The minimum absolute atomic E-state index is 0.330. The number of nitrogens with zero attached hydrogens (tertiary/aromatic N) is 2. The summed E-state index contributed by atoms with van der Waals surface area (Å²) in [7, 11) is 1.59. The first-order valence-electron chi connectivity index (χ1n) is 5.54. The van der Waals surface area contributed by atoms with Crippen LogP contribution in [-0.4, -0.2) is 58.0 Å². The summed E-state index contributed by atoms with van der Waals surface area (Å²) in [5, 5.41) is 4.43. The quantitative estimate of drug-likeness (QED) is 0.331. The number of amides is 1. The number of carbonyl (C=O) groups excluding carboxylic acids is 1. The Labute approximate surface area is 131 Å². The molecule has 9 heteroatoms. The van der Waals surface area contributed by atoms with Gasteiger partial charge in [-0.3, -0.25) is 9.14 Å². The van der Waals surface area contributed by atoms with Crippen LogP contribution in [0.5, 0.6) is 0 Å². The van der Waals surface area contributed by atoms with Gasteiger partial charge in [0.2, 0.25) is 0 Å². The minimum Gasteiger partial charge on any atom is -0.374 e. The Morgan fingerprint density at radius 3 is 2.84 bits per heavy atom. The van der Waals surface area contributed by atoms with Crippen LogP contribution in [0.25, 0.3) is 0 Å². The van der Waals surface area contributed by atoms with Crippen LogP contribution in [0.3, 0.4) is 0 Å². The van der Waals surface area contributed by atoms with E-state index in [1.807, 2.05) is 6.92 Å². The maximum Gasteiger partial charge on any atom is 0.445 e. The van der Waals surface area contributed by atoms with Crippen molar-refractivity contribution in [1.82, 2.24) is 4.31 Å². The number of ether oxygens (including phenoxy) is 1. The lowest BCUT2D eigenvalue weighted by Gasteiger charge is -2.27. The van der Waals surface area contributed by atoms with Gasteiger partial charge >= 0.3 is 6.09 Å². The van der Waals surface area contributed by atoms with Crippen LogP contribution in [0, 0.1) is 0 Å². The van der Waals surface area contributed by atoms with Crippen molar-refractivity contribution < 1.29 is 14.4 Å². The molecule has 1 rings (SSSR count). The largest absolute Gasteiger partial charge is 0.445 e. The average molecular weight is 347 g/mol. The Balaban J connectivity index is 2.44. The van der Waals surface area contributed by atoms with E-state index in [-0.39, 0.29) is 0 Å². The van der Waals surface area contributed by atoms with Crippen molar-refractivity contribution in [1.29, 1.82) is 0 Å². The summed E-state index contributed by atoms with van der Waals surface area (Å²) < 4.78 is 6.11. The van der Waals surface area contributed by atoms with Gasteiger partial charge in [-0.15, -0.1) is 35.0 Å². The predicted molar refractivity (Wildman–Crippen MR) is 82.4 cm³/mol. The maximum absolute atomic E-state index is 11.7. The van der Waals surface area contributed by atoms with Gasteiger partial charge in [0.1, 0.15) is 5.04 Å². The third-order valence-corrected chi connectivity index (χ3v) is 5.67. The first-order chi connectivity index (χ1) is 9.00. The molecule has 0 aromatic carbocycles. The fourth-order valence-electron chi connectivity index (χ4n) is 1.07. The minimum atomic E-state index is -0.565. The Bertz CT molecular complexity index is 333. The van der Waals surface area contributed by atoms with Crippen molar-refractivity contribution in [3.05, 3.63) is 0 Å². The van der Waals surface area contributed by atoms with Crippen molar-refractivity contribution in [3.8, 4) is 0 Å². The van der Waals surface area contributed by atoms with Gasteiger partial charge in [-0.2, -0.15) is 0 Å². The molecule has 1 aliphatic heterocycles. The summed E-state index contributed by atoms with van der Waals surface area (Å²) in [5.74, 6) is 1.48. The molecule has 0 N–H and O–H groups in total. The summed E-state index contributed by atoms with van der Waals surface area (Å²) in [6.07, 6.45) is -0.565. The Morgan fingerprint density at radius 1 is 1.63 bits per heavy atom. The molecule has 19 heavy (non-hydrogen) atoms. The summed E-state index contributed by atoms with van der Waals surface area (Å²) in [4.78, 5) is 16.6. The van der Waals surface area contributed by atoms with E-state index in [1.165, 1.54) is 28.0 Å². The third-order valence-electron chi connectivity index (χ3n) is 2.13. The number of hydrogen-bond donors (Lipinski definition) is 0. The molecule has 110 valence electrons. The SMILES string of the molecule is CN(SC(C)(CCl)CCl)C(=O)ON=C1COCCS1. The second-order valence-electron chi connectivity index (χ2n) is 4.05. The van der Waals surface area contributed by atoms with Crippen molar-refractivity contribution in [2.24, 2.45) is 5.16 Å². The molecule has 1 aliphatic rings. The fourth-order valence-corrected chi connectivity index (χ4v) is 3.21. The molecular weight excluding hydrogens is 331 g/mol. The highest BCUT2D eigenvalue weighted by Gasteiger charge is 2.28. The van der Waals surface area contributed by atoms with Crippen LogP contribution in [0.15, 0.2) is 5.16 Å². The van der Waals surface area contributed by atoms with Gasteiger partial charge in [-0.25, -0.2) is 4.79 Å². The van der Waals surface area contributed by atoms with Crippen LogP contribution in [0.1, 0.15) is 6.92 Å². The standard InChI is InChI=1S/C10H16Cl2N2O3S2/c1-10(6-11,7-12)19-14(2)9(15)17-13-8-5-16-3-4-18-8/h3-7H2,1-2H3. The molecule has 0 aromatic rings. The molecular formula is C10H16Cl2N2O3S2. The number of carbonyl (C=O) groups is 1. The zero-order valence-electron chi connectivity index (χ0n) is 10.7. The van der Waals surface area contributed by atoms with Crippen molar-refractivity contribution in [2.45, 2.75) is 11.7 Å². The van der Waals surface area contributed by atoms with E-state index in [0.29, 0.717) is 30.0 Å². The van der Waals surface area contributed by atoms with Gasteiger partial charge in [-0.1, -0.05) is 5.16 Å². The lowest BCUT2D eigenvalue weighted by atomic mass is 10.2. The number of alkyl halides is 2. The van der Waals surface area contributed by atoms with Crippen molar-refractivity contribution >= 4 is 58.0 Å². The fraction of sp³-hybridized carbons (Fsp3) is 0.800. The number of oxime groups is 1. The molecule has 0 unspecified atom stereocenters. The molecule has 0 spiro atoms. The maximum atomic E-state index is 11.7. The highest BCUT2D eigenvalue weighted by atomic mass is 35.5. The third kappa shape index (κ3) is 5.99. The molecule has 1 amide bonds. The van der Waals surface area contributed by atoms with Gasteiger partial charge in [0.15, 0.2) is 0 Å². The monoisotopic (exact) mass is 346 g/mol. The Kier molecular flexibility index (Phi) is 7.68. The number of rotatable bonds is 5. The summed E-state index contributed by atoms with van der Waals surface area (Å²) >= 11 is 14.4. The second kappa shape index (κ2) is 8.46. The molecule has 0 aromatic heterocycles. The first kappa shape index (κ1) is 17.2. The van der Waals surface area contributed by atoms with Crippen molar-refractivity contribution in [3.63, 3.8) is 0 Å². The van der Waals surface area contributed by atoms with Crippen LogP contribution >= 0.6 is 46.9 Å². The predicted octanol–water partition coefficient (Wildman–Crippen LogP) is 3.02. The van der Waals surface area contributed by atoms with E-state index >= 15 is 0 Å². The number of halogens is 2. The lowest BCUT2D eigenvalue weighted by molar-refractivity contribution is 0.134. The summed E-state index contributed by atoms with van der Waals surface area (Å²) in [5.41, 5.74) is 0. The summed E-state index contributed by atoms with van der Waals surface area (Å²) in [6, 6.07) is 0. The average Bonchev–Trinajstić information content (AvgIpc) is 2.45. The van der Waals surface area contributed by atoms with E-state index in [2.05, 4.69) is 5.16 Å². The smallest absolute Gasteiger partial charge is 0.374 e. The molecule has 1 fully saturated rings. The highest BCUT2D eigenvalue weighted by Crippen LogP contribution is 2.30. The molecule has 5 nitrogen and oxygen atoms in total. The molecule has 0 aliphatic carbocycles. The van der Waals surface area contributed by atoms with Crippen LogP contribution in [0.4, 0.5) is 4.79 Å². The van der Waals surface area contributed by atoms with E-state index < -0.39 is 10.8 Å². The number of hydrogen-bond acceptors (Lipinski definition) is 6. The van der Waals surface area contributed by atoms with E-state index in [0.717, 1.165) is 5.75 Å². The normalized spacial score (nSPS) is 18.4.